The van der Waals surface area contributed by atoms with E-state index in [-0.39, 0.29) is 23.5 Å². The Labute approximate surface area is 159 Å². The van der Waals surface area contributed by atoms with Gasteiger partial charge in [0.15, 0.2) is 5.78 Å². The van der Waals surface area contributed by atoms with Crippen LogP contribution in [0.15, 0.2) is 48.5 Å². The van der Waals surface area contributed by atoms with Crippen molar-refractivity contribution in [3.8, 4) is 0 Å². The van der Waals surface area contributed by atoms with E-state index in [1.165, 1.54) is 6.92 Å². The molecule has 1 aliphatic rings. The Balaban J connectivity index is 1.61. The summed E-state index contributed by atoms with van der Waals surface area (Å²) >= 11 is 0. The van der Waals surface area contributed by atoms with Crippen LogP contribution in [0.5, 0.6) is 0 Å². The molecule has 1 aliphatic heterocycles. The third-order valence-corrected chi connectivity index (χ3v) is 4.92. The summed E-state index contributed by atoms with van der Waals surface area (Å²) < 4.78 is 0. The topological polar surface area (TPSA) is 66.5 Å². The van der Waals surface area contributed by atoms with Crippen LogP contribution in [-0.2, 0) is 4.79 Å². The Morgan fingerprint density at radius 1 is 0.963 bits per heavy atom. The quantitative estimate of drug-likeness (QED) is 0.842. The van der Waals surface area contributed by atoms with Crippen molar-refractivity contribution in [3.63, 3.8) is 0 Å². The number of nitrogens with one attached hydrogen (secondary N) is 1. The highest BCUT2D eigenvalue weighted by atomic mass is 16.2. The summed E-state index contributed by atoms with van der Waals surface area (Å²) in [4.78, 5) is 38.4. The van der Waals surface area contributed by atoms with Gasteiger partial charge in [-0.05, 0) is 38.0 Å². The van der Waals surface area contributed by atoms with Crippen LogP contribution < -0.4 is 5.32 Å². The smallest absolute Gasteiger partial charge is 0.253 e. The first-order valence-corrected chi connectivity index (χ1v) is 9.22. The van der Waals surface area contributed by atoms with E-state index in [0.29, 0.717) is 37.2 Å². The molecule has 1 saturated heterocycles. The monoisotopic (exact) mass is 364 g/mol. The summed E-state index contributed by atoms with van der Waals surface area (Å²) in [7, 11) is 0. The number of likely N-dealkylation sites (tertiary alicyclic amines) is 1. The molecule has 0 spiro atoms. The van der Waals surface area contributed by atoms with E-state index in [2.05, 4.69) is 5.32 Å². The van der Waals surface area contributed by atoms with Crippen LogP contribution in [0.3, 0.4) is 0 Å². The lowest BCUT2D eigenvalue weighted by Gasteiger charge is -2.31. The van der Waals surface area contributed by atoms with Crippen LogP contribution in [0.4, 0.5) is 5.69 Å². The number of hydrogen-bond donors (Lipinski definition) is 1. The second kappa shape index (κ2) is 8.16. The molecule has 1 fully saturated rings. The summed E-state index contributed by atoms with van der Waals surface area (Å²) in [5, 5.41) is 2.69. The summed E-state index contributed by atoms with van der Waals surface area (Å²) in [6.07, 6.45) is 1.34. The Morgan fingerprint density at radius 2 is 1.63 bits per heavy atom. The molecule has 0 saturated carbocycles. The minimum Gasteiger partial charge on any atom is -0.339 e. The number of carbonyl (C=O) groups is 3. The van der Waals surface area contributed by atoms with Crippen molar-refractivity contribution in [2.75, 3.05) is 18.4 Å². The van der Waals surface area contributed by atoms with Crippen LogP contribution in [0.2, 0.25) is 0 Å². The maximum atomic E-state index is 12.8. The Hall–Kier alpha value is -2.95. The molecule has 2 aromatic rings. The highest BCUT2D eigenvalue weighted by molar-refractivity contribution is 5.99. The van der Waals surface area contributed by atoms with Crippen molar-refractivity contribution in [1.82, 2.24) is 4.90 Å². The number of nitrogens with zero attached hydrogens (tertiary/aromatic N) is 1. The fourth-order valence-corrected chi connectivity index (χ4v) is 3.41. The van der Waals surface area contributed by atoms with Gasteiger partial charge in [0.05, 0.1) is 0 Å². The van der Waals surface area contributed by atoms with Gasteiger partial charge in [0.25, 0.3) is 5.91 Å². The molecule has 140 valence electrons. The number of amides is 2. The predicted octanol–water partition coefficient (Wildman–Crippen LogP) is 3.69. The molecule has 0 aromatic heterocycles. The molecule has 3 rings (SSSR count). The lowest BCUT2D eigenvalue weighted by molar-refractivity contribution is -0.114. The van der Waals surface area contributed by atoms with E-state index in [0.717, 1.165) is 11.1 Å². The average Bonchev–Trinajstić information content (AvgIpc) is 2.67. The standard InChI is InChI=1S/C22H24N2O3/c1-15-6-8-17(9-7-15)21(26)18-10-12-24(13-11-18)22(27)19-4-3-5-20(14-19)23-16(2)25/h3-9,14,18H,10-13H2,1-2H3,(H,23,25). The normalized spacial score (nSPS) is 14.7. The number of carbonyl (C=O) groups excluding carboxylic acids is 3. The first-order valence-electron chi connectivity index (χ1n) is 9.22. The van der Waals surface area contributed by atoms with Crippen molar-refractivity contribution in [2.24, 2.45) is 5.92 Å². The van der Waals surface area contributed by atoms with Gasteiger partial charge in [0, 0.05) is 42.7 Å². The number of anilines is 1. The molecular formula is C22H24N2O3. The van der Waals surface area contributed by atoms with Crippen molar-refractivity contribution in [2.45, 2.75) is 26.7 Å². The molecule has 5 heteroatoms. The summed E-state index contributed by atoms with van der Waals surface area (Å²) in [5.74, 6) is -0.115. The number of Topliss-reactive ketones (excluding diaryl/α,β-unsaturated/α-hetero) is 1. The van der Waals surface area contributed by atoms with Crippen molar-refractivity contribution in [3.05, 3.63) is 65.2 Å². The highest BCUT2D eigenvalue weighted by Gasteiger charge is 2.28. The fourth-order valence-electron chi connectivity index (χ4n) is 3.41. The predicted molar refractivity (Wildman–Crippen MR) is 105 cm³/mol. The van der Waals surface area contributed by atoms with Gasteiger partial charge in [0.1, 0.15) is 0 Å². The molecular weight excluding hydrogens is 340 g/mol. The lowest BCUT2D eigenvalue weighted by Crippen LogP contribution is -2.40. The van der Waals surface area contributed by atoms with E-state index in [4.69, 9.17) is 0 Å². The minimum absolute atomic E-state index is 0.0394. The van der Waals surface area contributed by atoms with Crippen LogP contribution in [-0.4, -0.2) is 35.6 Å². The molecule has 0 atom stereocenters. The van der Waals surface area contributed by atoms with E-state index in [9.17, 15) is 14.4 Å². The number of hydrogen-bond acceptors (Lipinski definition) is 3. The third-order valence-electron chi connectivity index (χ3n) is 4.92. The fraction of sp³-hybridized carbons (Fsp3) is 0.318. The van der Waals surface area contributed by atoms with Gasteiger partial charge in [-0.15, -0.1) is 0 Å². The third kappa shape index (κ3) is 4.61. The van der Waals surface area contributed by atoms with Gasteiger partial charge < -0.3 is 10.2 Å². The van der Waals surface area contributed by atoms with Gasteiger partial charge in [-0.3, -0.25) is 14.4 Å². The van der Waals surface area contributed by atoms with E-state index < -0.39 is 0 Å². The van der Waals surface area contributed by atoms with E-state index in [1.54, 1.807) is 29.2 Å². The second-order valence-corrected chi connectivity index (χ2v) is 7.06. The van der Waals surface area contributed by atoms with E-state index >= 15 is 0 Å². The maximum Gasteiger partial charge on any atom is 0.253 e. The lowest BCUT2D eigenvalue weighted by atomic mass is 9.88. The van der Waals surface area contributed by atoms with Crippen LogP contribution >= 0.6 is 0 Å². The maximum absolute atomic E-state index is 12.8. The zero-order chi connectivity index (χ0) is 19.4. The SMILES string of the molecule is CC(=O)Nc1cccc(C(=O)N2CCC(C(=O)c3ccc(C)cc3)CC2)c1. The van der Waals surface area contributed by atoms with Gasteiger partial charge >= 0.3 is 0 Å². The number of benzene rings is 2. The molecule has 2 aromatic carbocycles. The Kier molecular flexibility index (Phi) is 5.69. The van der Waals surface area contributed by atoms with Gasteiger partial charge in [-0.1, -0.05) is 35.9 Å². The molecule has 0 unspecified atom stereocenters. The first kappa shape index (κ1) is 18.8. The largest absolute Gasteiger partial charge is 0.339 e. The first-order chi connectivity index (χ1) is 12.9. The summed E-state index contributed by atoms with van der Waals surface area (Å²) in [6.45, 7) is 4.56. The Bertz CT molecular complexity index is 850. The zero-order valence-electron chi connectivity index (χ0n) is 15.7. The van der Waals surface area contributed by atoms with Crippen LogP contribution in [0.25, 0.3) is 0 Å². The number of piperidine rings is 1. The second-order valence-electron chi connectivity index (χ2n) is 7.06. The number of aryl methyl sites for hydroxylation is 1. The van der Waals surface area contributed by atoms with Crippen molar-refractivity contribution >= 4 is 23.3 Å². The number of ketones is 1. The average molecular weight is 364 g/mol. The Morgan fingerprint density at radius 3 is 2.26 bits per heavy atom. The van der Waals surface area contributed by atoms with Gasteiger partial charge in [-0.25, -0.2) is 0 Å². The molecule has 2 amide bonds. The molecule has 5 nitrogen and oxygen atoms in total. The molecule has 1 heterocycles. The summed E-state index contributed by atoms with van der Waals surface area (Å²) in [6, 6.07) is 14.6. The molecule has 0 bridgehead atoms. The summed E-state index contributed by atoms with van der Waals surface area (Å²) in [5.41, 5.74) is 3.03. The minimum atomic E-state index is -0.171. The van der Waals surface area contributed by atoms with Gasteiger partial charge in [0.2, 0.25) is 5.91 Å². The number of rotatable bonds is 4. The molecule has 0 aliphatic carbocycles. The molecule has 1 N–H and O–H groups in total. The van der Waals surface area contributed by atoms with Crippen LogP contribution in [0.1, 0.15) is 46.0 Å². The van der Waals surface area contributed by atoms with Gasteiger partial charge in [-0.2, -0.15) is 0 Å². The highest BCUT2D eigenvalue weighted by Crippen LogP contribution is 2.24. The molecule has 27 heavy (non-hydrogen) atoms. The van der Waals surface area contributed by atoms with Crippen molar-refractivity contribution in [1.29, 1.82) is 0 Å². The van der Waals surface area contributed by atoms with E-state index in [1.807, 2.05) is 31.2 Å². The van der Waals surface area contributed by atoms with Crippen LogP contribution in [0, 0.1) is 12.8 Å². The zero-order valence-corrected chi connectivity index (χ0v) is 15.7. The molecule has 0 radical (unpaired) electrons. The van der Waals surface area contributed by atoms with Crippen molar-refractivity contribution < 1.29 is 14.4 Å².